The van der Waals surface area contributed by atoms with Crippen molar-refractivity contribution in [3.8, 4) is 0 Å². The minimum Gasteiger partial charge on any atom is -0.426 e. The maximum absolute atomic E-state index is 10.8. The highest BCUT2D eigenvalue weighted by molar-refractivity contribution is 5.84. The summed E-state index contributed by atoms with van der Waals surface area (Å²) in [5.41, 5.74) is 7.05. The van der Waals surface area contributed by atoms with E-state index in [1.807, 2.05) is 0 Å². The predicted molar refractivity (Wildman–Crippen MR) is 59.8 cm³/mol. The number of nitrogens with two attached hydrogens (primary N) is 1. The number of hydrogen-bond acceptors (Lipinski definition) is 4. The van der Waals surface area contributed by atoms with Gasteiger partial charge in [-0.05, 0) is 5.56 Å². The molecule has 0 aromatic heterocycles. The first-order valence-corrected chi connectivity index (χ1v) is 4.73. The van der Waals surface area contributed by atoms with Crippen molar-refractivity contribution in [1.29, 1.82) is 0 Å². The molecule has 4 heteroatoms. The second-order valence-electron chi connectivity index (χ2n) is 3.12. The smallest absolute Gasteiger partial charge is 0.308 e. The topological polar surface area (TPSA) is 69.4 Å². The third-order valence-corrected chi connectivity index (χ3v) is 1.92. The molecule has 4 nitrogen and oxygen atoms in total. The fraction of sp³-hybridized carbons (Fsp3) is 0.167. The third-order valence-electron chi connectivity index (χ3n) is 1.92. The first kappa shape index (κ1) is 12.1. The van der Waals surface area contributed by atoms with Gasteiger partial charge in [-0.2, -0.15) is 0 Å². The monoisotopic (exact) mass is 218 g/mol. The first-order valence-electron chi connectivity index (χ1n) is 4.73. The zero-order valence-electron chi connectivity index (χ0n) is 8.90. The standard InChI is InChI=1S/C12H12NO3/c1-9(15)16-12(6-7-14)11-4-2-10(8-13)3-5-11/h2-6H,8,13H2,1H3. The molecular formula is C12H12NO3. The number of esters is 1. The van der Waals surface area contributed by atoms with Crippen molar-refractivity contribution in [3.05, 3.63) is 41.5 Å². The number of carbonyl (C=O) groups excluding carboxylic acids is 2. The molecule has 0 aliphatic rings. The lowest BCUT2D eigenvalue weighted by Crippen LogP contribution is -2.00. The van der Waals surface area contributed by atoms with Crippen molar-refractivity contribution < 1.29 is 14.3 Å². The van der Waals surface area contributed by atoms with Gasteiger partial charge in [-0.25, -0.2) is 0 Å². The zero-order valence-corrected chi connectivity index (χ0v) is 8.90. The Morgan fingerprint density at radius 1 is 1.44 bits per heavy atom. The van der Waals surface area contributed by atoms with E-state index in [2.05, 4.69) is 0 Å². The van der Waals surface area contributed by atoms with Crippen LogP contribution < -0.4 is 5.73 Å². The van der Waals surface area contributed by atoms with E-state index in [-0.39, 0.29) is 5.76 Å². The summed E-state index contributed by atoms with van der Waals surface area (Å²) < 4.78 is 4.88. The Hall–Kier alpha value is -1.94. The molecule has 2 N–H and O–H groups in total. The van der Waals surface area contributed by atoms with E-state index in [0.29, 0.717) is 12.1 Å². The van der Waals surface area contributed by atoms with E-state index in [1.54, 1.807) is 30.6 Å². The van der Waals surface area contributed by atoms with Crippen LogP contribution >= 0.6 is 0 Å². The average Bonchev–Trinajstić information content (AvgIpc) is 2.28. The third kappa shape index (κ3) is 3.33. The van der Waals surface area contributed by atoms with Crippen LogP contribution in [0.2, 0.25) is 0 Å². The number of rotatable bonds is 4. The maximum atomic E-state index is 10.8. The summed E-state index contributed by atoms with van der Waals surface area (Å²) in [6, 6.07) is 7.07. The largest absolute Gasteiger partial charge is 0.426 e. The van der Waals surface area contributed by atoms with Gasteiger partial charge in [0.2, 0.25) is 6.29 Å². The van der Waals surface area contributed by atoms with Gasteiger partial charge in [0.15, 0.2) is 0 Å². The number of benzene rings is 1. The molecule has 0 bridgehead atoms. The lowest BCUT2D eigenvalue weighted by molar-refractivity contribution is -0.134. The van der Waals surface area contributed by atoms with Crippen LogP contribution in [0.15, 0.2) is 30.3 Å². The molecule has 1 aromatic rings. The molecular weight excluding hydrogens is 206 g/mol. The molecule has 0 unspecified atom stereocenters. The van der Waals surface area contributed by atoms with E-state index < -0.39 is 5.97 Å². The molecule has 83 valence electrons. The number of hydrogen-bond donors (Lipinski definition) is 1. The van der Waals surface area contributed by atoms with Gasteiger partial charge in [0.25, 0.3) is 0 Å². The molecule has 0 fully saturated rings. The summed E-state index contributed by atoms with van der Waals surface area (Å²) >= 11 is 0. The van der Waals surface area contributed by atoms with Gasteiger partial charge in [0.1, 0.15) is 5.76 Å². The van der Waals surface area contributed by atoms with E-state index in [9.17, 15) is 9.59 Å². The molecule has 0 saturated carbocycles. The summed E-state index contributed by atoms with van der Waals surface area (Å²) in [4.78, 5) is 21.1. The fourth-order valence-corrected chi connectivity index (χ4v) is 1.19. The molecule has 0 spiro atoms. The average molecular weight is 218 g/mol. The summed E-state index contributed by atoms with van der Waals surface area (Å²) in [7, 11) is 0. The first-order chi connectivity index (χ1) is 7.67. The van der Waals surface area contributed by atoms with Gasteiger partial charge < -0.3 is 10.5 Å². The second-order valence-corrected chi connectivity index (χ2v) is 3.12. The lowest BCUT2D eigenvalue weighted by Gasteiger charge is -2.06. The summed E-state index contributed by atoms with van der Waals surface area (Å²) in [5, 5.41) is 0. The number of carbonyl (C=O) groups is 1. The van der Waals surface area contributed by atoms with Crippen LogP contribution in [-0.4, -0.2) is 12.3 Å². The Balaban J connectivity index is 2.97. The van der Waals surface area contributed by atoms with Gasteiger partial charge in [-0.1, -0.05) is 24.3 Å². The molecule has 0 aliphatic heterocycles. The molecule has 1 rings (SSSR count). The Kier molecular flexibility index (Phi) is 4.42. The Morgan fingerprint density at radius 3 is 2.50 bits per heavy atom. The SMILES string of the molecule is CC(=O)OC(=C[C]=O)c1ccc(CN)cc1. The minimum atomic E-state index is -0.482. The van der Waals surface area contributed by atoms with Gasteiger partial charge in [-0.15, -0.1) is 0 Å². The zero-order chi connectivity index (χ0) is 12.0. The van der Waals surface area contributed by atoms with E-state index in [0.717, 1.165) is 11.6 Å². The van der Waals surface area contributed by atoms with Gasteiger partial charge >= 0.3 is 5.97 Å². The van der Waals surface area contributed by atoms with Crippen LogP contribution in [-0.2, 0) is 20.9 Å². The molecule has 0 aliphatic carbocycles. The van der Waals surface area contributed by atoms with Crippen LogP contribution in [0.4, 0.5) is 0 Å². The summed E-state index contributed by atoms with van der Waals surface area (Å²) in [5.74, 6) is -0.296. The van der Waals surface area contributed by atoms with Crippen molar-refractivity contribution in [1.82, 2.24) is 0 Å². The molecule has 0 atom stereocenters. The molecule has 1 radical (unpaired) electrons. The number of ether oxygens (including phenoxy) is 1. The van der Waals surface area contributed by atoms with Crippen LogP contribution in [0.1, 0.15) is 18.1 Å². The summed E-state index contributed by atoms with van der Waals surface area (Å²) in [6.45, 7) is 1.71. The van der Waals surface area contributed by atoms with Crippen LogP contribution in [0, 0.1) is 0 Å². The van der Waals surface area contributed by atoms with Crippen LogP contribution in [0.5, 0.6) is 0 Å². The molecule has 0 saturated heterocycles. The molecule has 0 amide bonds. The summed E-state index contributed by atoms with van der Waals surface area (Å²) in [6.07, 6.45) is 2.67. The van der Waals surface area contributed by atoms with E-state index in [1.165, 1.54) is 6.92 Å². The van der Waals surface area contributed by atoms with Crippen molar-refractivity contribution in [2.45, 2.75) is 13.5 Å². The van der Waals surface area contributed by atoms with E-state index >= 15 is 0 Å². The Bertz CT molecular complexity index is 407. The van der Waals surface area contributed by atoms with Gasteiger partial charge in [0, 0.05) is 25.1 Å². The van der Waals surface area contributed by atoms with Crippen molar-refractivity contribution >= 4 is 18.0 Å². The maximum Gasteiger partial charge on any atom is 0.308 e. The highest BCUT2D eigenvalue weighted by Gasteiger charge is 2.05. The molecule has 1 aromatic carbocycles. The quantitative estimate of drug-likeness (QED) is 0.467. The lowest BCUT2D eigenvalue weighted by atomic mass is 10.1. The van der Waals surface area contributed by atoms with Crippen molar-refractivity contribution in [3.63, 3.8) is 0 Å². The normalized spacial score (nSPS) is 11.0. The minimum absolute atomic E-state index is 0.186. The van der Waals surface area contributed by atoms with Crippen molar-refractivity contribution in [2.75, 3.05) is 0 Å². The Labute approximate surface area is 93.7 Å². The van der Waals surface area contributed by atoms with Gasteiger partial charge in [-0.3, -0.25) is 9.59 Å². The Morgan fingerprint density at radius 2 is 2.06 bits per heavy atom. The van der Waals surface area contributed by atoms with E-state index in [4.69, 9.17) is 10.5 Å². The predicted octanol–water partition coefficient (Wildman–Crippen LogP) is 1.16. The van der Waals surface area contributed by atoms with Crippen LogP contribution in [0.25, 0.3) is 5.76 Å². The molecule has 0 heterocycles. The highest BCUT2D eigenvalue weighted by atomic mass is 16.5. The molecule has 16 heavy (non-hydrogen) atoms. The van der Waals surface area contributed by atoms with Crippen LogP contribution in [0.3, 0.4) is 0 Å². The second kappa shape index (κ2) is 5.82. The van der Waals surface area contributed by atoms with Crippen molar-refractivity contribution in [2.24, 2.45) is 5.73 Å². The van der Waals surface area contributed by atoms with Gasteiger partial charge in [0.05, 0.1) is 0 Å². The number of allylic oxidation sites excluding steroid dienone is 1. The fourth-order valence-electron chi connectivity index (χ4n) is 1.19. The highest BCUT2D eigenvalue weighted by Crippen LogP contribution is 2.16.